The molecule has 16 heteroatoms. The van der Waals surface area contributed by atoms with Crippen LogP contribution in [0, 0.1) is 11.8 Å². The second-order valence-electron chi connectivity index (χ2n) is 11.1. The number of amides is 4. The van der Waals surface area contributed by atoms with Gasteiger partial charge in [0, 0.05) is 36.6 Å². The van der Waals surface area contributed by atoms with Gasteiger partial charge in [0.05, 0.1) is 30.8 Å². The number of fused-ring (bicyclic) bond motifs is 1. The van der Waals surface area contributed by atoms with Crippen molar-refractivity contribution in [1.29, 1.82) is 0 Å². The molecular formula is C28H41N7O8S. The predicted molar refractivity (Wildman–Crippen MR) is 161 cm³/mol. The van der Waals surface area contributed by atoms with Crippen LogP contribution in [0.15, 0.2) is 11.0 Å². The Kier molecular flexibility index (Phi) is 12.3. The van der Waals surface area contributed by atoms with Gasteiger partial charge >= 0.3 is 11.7 Å². The van der Waals surface area contributed by atoms with Gasteiger partial charge in [-0.3, -0.25) is 14.2 Å². The fourth-order valence-electron chi connectivity index (χ4n) is 5.42. The van der Waals surface area contributed by atoms with Gasteiger partial charge in [0.1, 0.15) is 24.1 Å². The normalized spacial score (nSPS) is 27.2. The number of rotatable bonds is 14. The van der Waals surface area contributed by atoms with Crippen LogP contribution in [0.3, 0.4) is 0 Å². The molecule has 3 saturated heterocycles. The Bertz CT molecular complexity index is 1300. The van der Waals surface area contributed by atoms with Crippen LogP contribution in [0.5, 0.6) is 0 Å². The Morgan fingerprint density at radius 3 is 2.59 bits per heavy atom. The molecule has 3 unspecified atom stereocenters. The minimum atomic E-state index is -1.46. The number of nitrogen functional groups attached to an aromatic ring is 1. The fraction of sp³-hybridized carbons (Fsp3) is 0.679. The van der Waals surface area contributed by atoms with E-state index in [1.165, 1.54) is 6.20 Å². The highest BCUT2D eigenvalue weighted by Gasteiger charge is 2.44. The number of aromatic nitrogens is 2. The Hall–Kier alpha value is -3.36. The first-order valence-electron chi connectivity index (χ1n) is 14.9. The zero-order chi connectivity index (χ0) is 31.6. The van der Waals surface area contributed by atoms with Crippen molar-refractivity contribution in [1.82, 2.24) is 30.8 Å². The first-order chi connectivity index (χ1) is 21.2. The molecule has 0 aliphatic carbocycles. The van der Waals surface area contributed by atoms with E-state index in [9.17, 15) is 34.5 Å². The van der Waals surface area contributed by atoms with E-state index >= 15 is 0 Å². The Labute approximate surface area is 259 Å². The number of nitrogens with zero attached hydrogens (tertiary/aromatic N) is 2. The van der Waals surface area contributed by atoms with Crippen LogP contribution in [0.4, 0.5) is 10.6 Å². The van der Waals surface area contributed by atoms with Crippen molar-refractivity contribution >= 4 is 35.4 Å². The summed E-state index contributed by atoms with van der Waals surface area (Å²) >= 11 is 1.88. The molecule has 0 spiro atoms. The van der Waals surface area contributed by atoms with Gasteiger partial charge in [-0.25, -0.2) is 9.59 Å². The third kappa shape index (κ3) is 8.85. The number of unbranched alkanes of at least 4 members (excludes halogenated alkanes) is 3. The van der Waals surface area contributed by atoms with Gasteiger partial charge in [0.15, 0.2) is 6.23 Å². The number of aliphatic hydroxyl groups excluding tert-OH is 3. The number of hydrogen-bond acceptors (Lipinski definition) is 11. The molecule has 3 aliphatic heterocycles. The van der Waals surface area contributed by atoms with Crippen molar-refractivity contribution in [2.24, 2.45) is 0 Å². The summed E-state index contributed by atoms with van der Waals surface area (Å²) < 4.78 is 6.32. The predicted octanol–water partition coefficient (Wildman–Crippen LogP) is -1.69. The second kappa shape index (κ2) is 16.1. The number of hydrogen-bond donors (Lipinski definition) is 8. The van der Waals surface area contributed by atoms with E-state index in [0.717, 1.165) is 42.4 Å². The number of urea groups is 1. The Morgan fingerprint density at radius 1 is 1.09 bits per heavy atom. The summed E-state index contributed by atoms with van der Waals surface area (Å²) in [5, 5.41) is 41.4. The van der Waals surface area contributed by atoms with Crippen LogP contribution in [0.2, 0.25) is 0 Å². The quantitative estimate of drug-likeness (QED) is 0.0653. The summed E-state index contributed by atoms with van der Waals surface area (Å²) in [6, 6.07) is 0.327. The minimum Gasteiger partial charge on any atom is -0.394 e. The average molecular weight is 636 g/mol. The molecular weight excluding hydrogens is 594 g/mol. The molecule has 242 valence electrons. The lowest BCUT2D eigenvalue weighted by molar-refractivity contribution is -0.122. The molecule has 4 amide bonds. The first kappa shape index (κ1) is 33.5. The number of carbonyl (C=O) groups is 3. The van der Waals surface area contributed by atoms with Gasteiger partial charge in [0.25, 0.3) is 0 Å². The molecule has 3 aliphatic rings. The van der Waals surface area contributed by atoms with E-state index in [1.807, 2.05) is 11.8 Å². The van der Waals surface area contributed by atoms with Gasteiger partial charge < -0.3 is 47.1 Å². The van der Waals surface area contributed by atoms with Crippen LogP contribution in [0.1, 0.15) is 63.2 Å². The van der Waals surface area contributed by atoms with Crippen LogP contribution in [-0.4, -0.2) is 104 Å². The largest absolute Gasteiger partial charge is 0.394 e. The van der Waals surface area contributed by atoms with Gasteiger partial charge in [-0.1, -0.05) is 24.7 Å². The monoisotopic (exact) mass is 635 g/mol. The van der Waals surface area contributed by atoms with Gasteiger partial charge in [0.2, 0.25) is 11.8 Å². The number of thioether (sulfide) groups is 1. The van der Waals surface area contributed by atoms with E-state index in [2.05, 4.69) is 38.1 Å². The van der Waals surface area contributed by atoms with Crippen molar-refractivity contribution in [2.45, 2.75) is 93.2 Å². The molecule has 0 aromatic carbocycles. The molecule has 4 heterocycles. The average Bonchev–Trinajstić information content (AvgIpc) is 3.64. The molecule has 44 heavy (non-hydrogen) atoms. The molecule has 0 radical (unpaired) electrons. The summed E-state index contributed by atoms with van der Waals surface area (Å²) in [7, 11) is 0. The third-order valence-corrected chi connectivity index (χ3v) is 9.36. The van der Waals surface area contributed by atoms with Gasteiger partial charge in [-0.15, -0.1) is 0 Å². The maximum absolute atomic E-state index is 12.3. The number of carbonyl (C=O) groups excluding carboxylic acids is 3. The summed E-state index contributed by atoms with van der Waals surface area (Å²) in [6.45, 7) is 0.0540. The van der Waals surface area contributed by atoms with Crippen molar-refractivity contribution < 1.29 is 34.4 Å². The molecule has 4 rings (SSSR count). The fourth-order valence-corrected chi connectivity index (χ4v) is 6.96. The van der Waals surface area contributed by atoms with Crippen molar-refractivity contribution in [3.8, 4) is 11.8 Å². The lowest BCUT2D eigenvalue weighted by Crippen LogP contribution is -2.36. The first-order valence-corrected chi connectivity index (χ1v) is 15.9. The van der Waals surface area contributed by atoms with E-state index in [-0.39, 0.29) is 47.9 Å². The standard InChI is InChI=1S/C28H41N7O8S/c29-25-16(13-35(28(42)34-25)26-24(40)23(39)18(14-36)43-26)7-6-12-31-20(37)9-2-1-5-11-30-21(38)10-4-3-8-19-22-17(15-44-19)32-27(41)33-22/h13,17-19,22-24,26,36,39-40H,1-5,8-12,14-15H2,(H,30,38)(H,31,37)(H2,29,34,42)(H2,32,33,41)/t17?,18-,19+,22+,23?,24?,26-/m1/s1. The number of ether oxygens (including phenoxy) is 1. The van der Waals surface area contributed by atoms with Gasteiger partial charge in [-0.05, 0) is 25.7 Å². The zero-order valence-electron chi connectivity index (χ0n) is 24.4. The Balaban J connectivity index is 1.05. The topological polar surface area (TPSA) is 230 Å². The third-order valence-electron chi connectivity index (χ3n) is 7.85. The SMILES string of the molecule is Nc1nc(=O)n([C@@H]2O[C@H](CO)C(O)C2O)cc1C#CCNC(=O)CCCCCNC(=O)CCCC[C@@H]1SCC2NC(=O)N[C@@H]21. The number of anilines is 1. The number of aliphatic hydroxyl groups is 3. The van der Waals surface area contributed by atoms with E-state index in [1.54, 1.807) is 0 Å². The minimum absolute atomic E-state index is 0.0271. The summed E-state index contributed by atoms with van der Waals surface area (Å²) in [6.07, 6.45) is 1.80. The Morgan fingerprint density at radius 2 is 1.84 bits per heavy atom. The maximum Gasteiger partial charge on any atom is 0.351 e. The highest BCUT2D eigenvalue weighted by atomic mass is 32.2. The van der Waals surface area contributed by atoms with Crippen LogP contribution in [-0.2, 0) is 14.3 Å². The second-order valence-corrected chi connectivity index (χ2v) is 12.3. The van der Waals surface area contributed by atoms with Gasteiger partial charge in [-0.2, -0.15) is 16.7 Å². The number of nitrogens with one attached hydrogen (secondary N) is 4. The van der Waals surface area contributed by atoms with Crippen molar-refractivity contribution in [3.63, 3.8) is 0 Å². The molecule has 0 saturated carbocycles. The summed E-state index contributed by atoms with van der Waals surface area (Å²) in [4.78, 5) is 51.7. The molecule has 1 aromatic heterocycles. The van der Waals surface area contributed by atoms with Crippen LogP contribution in [0.25, 0.3) is 0 Å². The zero-order valence-corrected chi connectivity index (χ0v) is 25.2. The molecule has 1 aromatic rings. The van der Waals surface area contributed by atoms with Crippen LogP contribution < -0.4 is 32.7 Å². The van der Waals surface area contributed by atoms with Crippen molar-refractivity contribution in [3.05, 3.63) is 22.2 Å². The molecule has 9 N–H and O–H groups in total. The smallest absolute Gasteiger partial charge is 0.351 e. The molecule has 15 nitrogen and oxygen atoms in total. The summed E-state index contributed by atoms with van der Waals surface area (Å²) in [5.41, 5.74) is 5.15. The van der Waals surface area contributed by atoms with Crippen molar-refractivity contribution in [2.75, 3.05) is 31.2 Å². The van der Waals surface area contributed by atoms with E-state index in [0.29, 0.717) is 31.1 Å². The molecule has 3 fully saturated rings. The summed E-state index contributed by atoms with van der Waals surface area (Å²) in [5.74, 6) is 6.12. The van der Waals surface area contributed by atoms with Crippen LogP contribution >= 0.6 is 11.8 Å². The van der Waals surface area contributed by atoms with E-state index in [4.69, 9.17) is 10.5 Å². The lowest BCUT2D eigenvalue weighted by Gasteiger charge is -2.17. The molecule has 0 bridgehead atoms. The number of nitrogens with two attached hydrogens (primary N) is 1. The maximum atomic E-state index is 12.3. The lowest BCUT2D eigenvalue weighted by atomic mass is 10.0. The van der Waals surface area contributed by atoms with E-state index < -0.39 is 36.8 Å². The highest BCUT2D eigenvalue weighted by Crippen LogP contribution is 2.33. The molecule has 7 atom stereocenters. The highest BCUT2D eigenvalue weighted by molar-refractivity contribution is 8.00.